The fraction of sp³-hybridized carbons (Fsp3) is 0.462. The van der Waals surface area contributed by atoms with Crippen LogP contribution in [0.15, 0.2) is 28.9 Å². The number of hydrogen-bond donors (Lipinski definition) is 1. The molecule has 1 aliphatic rings. The minimum atomic E-state index is -0.244. The first kappa shape index (κ1) is 12.3. The summed E-state index contributed by atoms with van der Waals surface area (Å²) in [4.78, 5) is 10.6. The highest BCUT2D eigenvalue weighted by atomic mass is 16.5. The Labute approximate surface area is 111 Å². The molecule has 0 amide bonds. The van der Waals surface area contributed by atoms with Crippen molar-refractivity contribution in [2.45, 2.75) is 25.5 Å². The van der Waals surface area contributed by atoms with E-state index in [0.717, 1.165) is 19.4 Å². The fourth-order valence-electron chi connectivity index (χ4n) is 2.28. The molecule has 1 N–H and O–H groups in total. The minimum Gasteiger partial charge on any atom is -0.392 e. The van der Waals surface area contributed by atoms with Gasteiger partial charge in [0.25, 0.3) is 0 Å². The summed E-state index contributed by atoms with van der Waals surface area (Å²) in [5.41, 5.74) is 0.705. The van der Waals surface area contributed by atoms with Gasteiger partial charge in [0.05, 0.1) is 12.6 Å². The smallest absolute Gasteiger partial charge is 0.241 e. The molecule has 3 rings (SSSR count). The Kier molecular flexibility index (Phi) is 3.52. The third kappa shape index (κ3) is 2.97. The molecule has 0 saturated carbocycles. The number of likely N-dealkylation sites (tertiary alicyclic amines) is 1. The van der Waals surface area contributed by atoms with Gasteiger partial charge in [-0.3, -0.25) is 9.88 Å². The molecule has 1 atom stereocenters. The largest absolute Gasteiger partial charge is 0.392 e. The number of hydrogen-bond acceptors (Lipinski definition) is 6. The second kappa shape index (κ2) is 5.46. The van der Waals surface area contributed by atoms with Crippen molar-refractivity contribution < 1.29 is 9.63 Å². The van der Waals surface area contributed by atoms with Crippen molar-refractivity contribution >= 4 is 0 Å². The molecule has 6 nitrogen and oxygen atoms in total. The lowest BCUT2D eigenvalue weighted by Crippen LogP contribution is -2.37. The molecular formula is C13H16N4O2. The number of pyridine rings is 1. The summed E-state index contributed by atoms with van der Waals surface area (Å²) in [5.74, 6) is 1.07. The van der Waals surface area contributed by atoms with E-state index in [0.29, 0.717) is 30.5 Å². The van der Waals surface area contributed by atoms with Gasteiger partial charge < -0.3 is 9.63 Å². The molecule has 0 aliphatic carbocycles. The average Bonchev–Trinajstić information content (AvgIpc) is 2.88. The van der Waals surface area contributed by atoms with Crippen molar-refractivity contribution in [1.29, 1.82) is 0 Å². The third-order valence-electron chi connectivity index (χ3n) is 3.20. The monoisotopic (exact) mass is 260 g/mol. The van der Waals surface area contributed by atoms with E-state index in [4.69, 9.17) is 4.52 Å². The first-order chi connectivity index (χ1) is 9.31. The van der Waals surface area contributed by atoms with E-state index >= 15 is 0 Å². The maximum atomic E-state index is 9.62. The summed E-state index contributed by atoms with van der Waals surface area (Å²) in [6.07, 6.45) is 3.33. The standard InChI is InChI=1S/C13H16N4O2/c18-10-4-3-7-17(8-10)9-12-15-13(16-19-12)11-5-1-2-6-14-11/h1-2,5-6,10,18H,3-4,7-9H2/t10-/m0/s1. The minimum absolute atomic E-state index is 0.244. The molecule has 0 spiro atoms. The predicted molar refractivity (Wildman–Crippen MR) is 68.0 cm³/mol. The van der Waals surface area contributed by atoms with Crippen LogP contribution in [0.25, 0.3) is 11.5 Å². The van der Waals surface area contributed by atoms with Gasteiger partial charge in [-0.1, -0.05) is 11.2 Å². The van der Waals surface area contributed by atoms with Crippen molar-refractivity contribution in [3.63, 3.8) is 0 Å². The summed E-state index contributed by atoms with van der Waals surface area (Å²) in [7, 11) is 0. The molecule has 1 fully saturated rings. The van der Waals surface area contributed by atoms with Crippen LogP contribution in [0.4, 0.5) is 0 Å². The van der Waals surface area contributed by atoms with E-state index in [1.807, 2.05) is 18.2 Å². The number of aliphatic hydroxyl groups excluding tert-OH is 1. The van der Waals surface area contributed by atoms with Crippen LogP contribution in [0.1, 0.15) is 18.7 Å². The van der Waals surface area contributed by atoms with Gasteiger partial charge in [-0.15, -0.1) is 0 Å². The Bertz CT molecular complexity index is 528. The van der Waals surface area contributed by atoms with Gasteiger partial charge in [-0.2, -0.15) is 4.98 Å². The Hall–Kier alpha value is -1.79. The predicted octanol–water partition coefficient (Wildman–Crippen LogP) is 1.09. The molecule has 1 saturated heterocycles. The molecule has 3 heterocycles. The molecule has 19 heavy (non-hydrogen) atoms. The molecule has 0 unspecified atom stereocenters. The van der Waals surface area contributed by atoms with Crippen LogP contribution in [0.5, 0.6) is 0 Å². The summed E-state index contributed by atoms with van der Waals surface area (Å²) < 4.78 is 5.23. The number of β-amino-alcohol motifs (C(OH)–C–C–N with tert-alkyl or cyclic N) is 1. The lowest BCUT2D eigenvalue weighted by Gasteiger charge is -2.28. The van der Waals surface area contributed by atoms with Gasteiger partial charge in [-0.05, 0) is 31.5 Å². The quantitative estimate of drug-likeness (QED) is 0.890. The molecule has 2 aromatic rings. The molecule has 2 aromatic heterocycles. The molecular weight excluding hydrogens is 244 g/mol. The number of rotatable bonds is 3. The topological polar surface area (TPSA) is 75.3 Å². The molecule has 1 aliphatic heterocycles. The summed E-state index contributed by atoms with van der Waals surface area (Å²) in [6.45, 7) is 2.20. The van der Waals surface area contributed by atoms with Gasteiger partial charge in [0.15, 0.2) is 0 Å². The van der Waals surface area contributed by atoms with E-state index in [1.54, 1.807) is 6.20 Å². The first-order valence-corrected chi connectivity index (χ1v) is 6.45. The van der Waals surface area contributed by atoms with Crippen molar-refractivity contribution in [2.75, 3.05) is 13.1 Å². The van der Waals surface area contributed by atoms with Crippen LogP contribution in [-0.2, 0) is 6.54 Å². The zero-order chi connectivity index (χ0) is 13.1. The number of aromatic nitrogens is 3. The van der Waals surface area contributed by atoms with Crippen LogP contribution < -0.4 is 0 Å². The zero-order valence-electron chi connectivity index (χ0n) is 10.6. The van der Waals surface area contributed by atoms with Gasteiger partial charge >= 0.3 is 0 Å². The Morgan fingerprint density at radius 2 is 2.37 bits per heavy atom. The van der Waals surface area contributed by atoms with Crippen LogP contribution in [0, 0.1) is 0 Å². The SMILES string of the molecule is O[C@H]1CCCN(Cc2nc(-c3ccccn3)no2)C1. The van der Waals surface area contributed by atoms with Crippen LogP contribution in [-0.4, -0.2) is 44.3 Å². The number of piperidine rings is 1. The Morgan fingerprint density at radius 1 is 1.42 bits per heavy atom. The maximum absolute atomic E-state index is 9.62. The van der Waals surface area contributed by atoms with Crippen molar-refractivity contribution in [1.82, 2.24) is 20.0 Å². The zero-order valence-corrected chi connectivity index (χ0v) is 10.6. The highest BCUT2D eigenvalue weighted by Gasteiger charge is 2.20. The van der Waals surface area contributed by atoms with Crippen LogP contribution in [0.2, 0.25) is 0 Å². The molecule has 0 bridgehead atoms. The van der Waals surface area contributed by atoms with Crippen molar-refractivity contribution in [3.8, 4) is 11.5 Å². The number of nitrogens with zero attached hydrogens (tertiary/aromatic N) is 4. The van der Waals surface area contributed by atoms with Gasteiger partial charge in [0.1, 0.15) is 5.69 Å². The van der Waals surface area contributed by atoms with Crippen molar-refractivity contribution in [3.05, 3.63) is 30.3 Å². The Balaban J connectivity index is 1.68. The highest BCUT2D eigenvalue weighted by molar-refractivity contribution is 5.46. The normalized spacial score (nSPS) is 20.6. The lowest BCUT2D eigenvalue weighted by molar-refractivity contribution is 0.0613. The second-order valence-corrected chi connectivity index (χ2v) is 4.76. The van der Waals surface area contributed by atoms with Crippen LogP contribution in [0.3, 0.4) is 0 Å². The average molecular weight is 260 g/mol. The van der Waals surface area contributed by atoms with E-state index in [2.05, 4.69) is 20.0 Å². The summed E-state index contributed by atoms with van der Waals surface area (Å²) >= 11 is 0. The molecule has 6 heteroatoms. The lowest BCUT2D eigenvalue weighted by atomic mass is 10.1. The summed E-state index contributed by atoms with van der Waals surface area (Å²) in [5, 5.41) is 13.6. The van der Waals surface area contributed by atoms with Gasteiger partial charge in [0, 0.05) is 12.7 Å². The maximum Gasteiger partial charge on any atom is 0.241 e. The van der Waals surface area contributed by atoms with Gasteiger partial charge in [-0.25, -0.2) is 0 Å². The van der Waals surface area contributed by atoms with E-state index in [-0.39, 0.29) is 6.10 Å². The summed E-state index contributed by atoms with van der Waals surface area (Å²) in [6, 6.07) is 5.58. The highest BCUT2D eigenvalue weighted by Crippen LogP contribution is 2.15. The molecule has 0 radical (unpaired) electrons. The number of aliphatic hydroxyl groups is 1. The van der Waals surface area contributed by atoms with Crippen LogP contribution >= 0.6 is 0 Å². The Morgan fingerprint density at radius 3 is 3.16 bits per heavy atom. The molecule has 0 aromatic carbocycles. The third-order valence-corrected chi connectivity index (χ3v) is 3.20. The second-order valence-electron chi connectivity index (χ2n) is 4.76. The van der Waals surface area contributed by atoms with E-state index < -0.39 is 0 Å². The van der Waals surface area contributed by atoms with Gasteiger partial charge in [0.2, 0.25) is 11.7 Å². The van der Waals surface area contributed by atoms with E-state index in [1.165, 1.54) is 0 Å². The fourth-order valence-corrected chi connectivity index (χ4v) is 2.28. The molecule has 100 valence electrons. The first-order valence-electron chi connectivity index (χ1n) is 6.45. The van der Waals surface area contributed by atoms with Crippen molar-refractivity contribution in [2.24, 2.45) is 0 Å². The van der Waals surface area contributed by atoms with E-state index in [9.17, 15) is 5.11 Å².